The summed E-state index contributed by atoms with van der Waals surface area (Å²) in [6.07, 6.45) is 0. The molecule has 0 fully saturated rings. The standard InChI is InChI=1S/C19H14F3N3O2/c1-11(19(27)23-15-8-7-13(20)17(21)18(15)22)25-16(26)10-9-14(24-25)12-5-3-2-4-6-12/h2-11H,1H3,(H,23,27). The molecule has 0 radical (unpaired) electrons. The van der Waals surface area contributed by atoms with Crippen LogP contribution in [0, 0.1) is 17.5 Å². The van der Waals surface area contributed by atoms with Gasteiger partial charge in [0.1, 0.15) is 6.04 Å². The van der Waals surface area contributed by atoms with Gasteiger partial charge in [0.2, 0.25) is 5.91 Å². The highest BCUT2D eigenvalue weighted by Crippen LogP contribution is 2.21. The van der Waals surface area contributed by atoms with Crippen LogP contribution in [0.4, 0.5) is 18.9 Å². The van der Waals surface area contributed by atoms with Gasteiger partial charge in [-0.05, 0) is 25.1 Å². The third-order valence-corrected chi connectivity index (χ3v) is 3.93. The maximum atomic E-state index is 13.7. The molecule has 8 heteroatoms. The molecule has 27 heavy (non-hydrogen) atoms. The van der Waals surface area contributed by atoms with Crippen LogP contribution >= 0.6 is 0 Å². The molecule has 1 aromatic heterocycles. The van der Waals surface area contributed by atoms with Crippen LogP contribution in [0.2, 0.25) is 0 Å². The fraction of sp³-hybridized carbons (Fsp3) is 0.105. The fourth-order valence-electron chi connectivity index (χ4n) is 2.44. The van der Waals surface area contributed by atoms with Crippen molar-refractivity contribution in [1.82, 2.24) is 9.78 Å². The van der Waals surface area contributed by atoms with Crippen LogP contribution in [0.3, 0.4) is 0 Å². The monoisotopic (exact) mass is 373 g/mol. The molecule has 2 aromatic carbocycles. The summed E-state index contributed by atoms with van der Waals surface area (Å²) in [6, 6.07) is 12.3. The van der Waals surface area contributed by atoms with Crippen LogP contribution < -0.4 is 10.9 Å². The van der Waals surface area contributed by atoms with E-state index in [0.29, 0.717) is 11.8 Å². The zero-order valence-corrected chi connectivity index (χ0v) is 14.1. The summed E-state index contributed by atoms with van der Waals surface area (Å²) in [5.41, 5.74) is 0.139. The third kappa shape index (κ3) is 3.74. The highest BCUT2D eigenvalue weighted by molar-refractivity contribution is 5.93. The van der Waals surface area contributed by atoms with Crippen molar-refractivity contribution in [2.24, 2.45) is 0 Å². The van der Waals surface area contributed by atoms with E-state index in [0.717, 1.165) is 16.3 Å². The highest BCUT2D eigenvalue weighted by Gasteiger charge is 2.21. The number of rotatable bonds is 4. The fourth-order valence-corrected chi connectivity index (χ4v) is 2.44. The van der Waals surface area contributed by atoms with Crippen molar-refractivity contribution in [3.8, 4) is 11.3 Å². The molecule has 1 amide bonds. The molecular weight excluding hydrogens is 359 g/mol. The Hall–Kier alpha value is -3.42. The number of hydrogen-bond acceptors (Lipinski definition) is 3. The average Bonchev–Trinajstić information content (AvgIpc) is 2.69. The van der Waals surface area contributed by atoms with Gasteiger partial charge in [-0.3, -0.25) is 9.59 Å². The Bertz CT molecular complexity index is 1050. The van der Waals surface area contributed by atoms with Gasteiger partial charge in [-0.1, -0.05) is 30.3 Å². The van der Waals surface area contributed by atoms with E-state index >= 15 is 0 Å². The number of anilines is 1. The lowest BCUT2D eigenvalue weighted by molar-refractivity contribution is -0.119. The van der Waals surface area contributed by atoms with E-state index in [-0.39, 0.29) is 0 Å². The number of carbonyl (C=O) groups excluding carboxylic acids is 1. The first-order valence-corrected chi connectivity index (χ1v) is 7.98. The van der Waals surface area contributed by atoms with E-state index in [2.05, 4.69) is 10.4 Å². The largest absolute Gasteiger partial charge is 0.322 e. The summed E-state index contributed by atoms with van der Waals surface area (Å²) < 4.78 is 41.0. The van der Waals surface area contributed by atoms with Gasteiger partial charge in [0.05, 0.1) is 11.4 Å². The van der Waals surface area contributed by atoms with Gasteiger partial charge in [-0.25, -0.2) is 17.9 Å². The highest BCUT2D eigenvalue weighted by atomic mass is 19.2. The summed E-state index contributed by atoms with van der Waals surface area (Å²) in [7, 11) is 0. The Labute approximate surface area is 152 Å². The summed E-state index contributed by atoms with van der Waals surface area (Å²) in [5.74, 6) is -5.39. The second-order valence-corrected chi connectivity index (χ2v) is 5.76. The normalized spacial score (nSPS) is 11.9. The molecule has 0 spiro atoms. The maximum absolute atomic E-state index is 13.7. The molecule has 1 unspecified atom stereocenters. The molecule has 0 aliphatic heterocycles. The smallest absolute Gasteiger partial charge is 0.267 e. The minimum absolute atomic E-state index is 0.467. The number of nitrogens with zero attached hydrogens (tertiary/aromatic N) is 2. The molecule has 0 bridgehead atoms. The lowest BCUT2D eigenvalue weighted by atomic mass is 10.1. The molecule has 1 heterocycles. The Kier molecular flexibility index (Phi) is 5.07. The van der Waals surface area contributed by atoms with E-state index < -0.39 is 40.6 Å². The quantitative estimate of drug-likeness (QED) is 0.712. The summed E-state index contributed by atoms with van der Waals surface area (Å²) in [5, 5.41) is 6.32. The van der Waals surface area contributed by atoms with Crippen molar-refractivity contribution in [1.29, 1.82) is 0 Å². The number of benzene rings is 2. The number of carbonyl (C=O) groups is 1. The average molecular weight is 373 g/mol. The molecule has 0 saturated carbocycles. The van der Waals surface area contributed by atoms with Crippen molar-refractivity contribution in [2.75, 3.05) is 5.32 Å². The molecule has 0 aliphatic rings. The number of hydrogen-bond donors (Lipinski definition) is 1. The van der Waals surface area contributed by atoms with Crippen molar-refractivity contribution in [3.63, 3.8) is 0 Å². The predicted molar refractivity (Wildman–Crippen MR) is 93.6 cm³/mol. The lowest BCUT2D eigenvalue weighted by Crippen LogP contribution is -2.33. The first kappa shape index (κ1) is 18.4. The van der Waals surface area contributed by atoms with Crippen molar-refractivity contribution in [3.05, 3.63) is 82.4 Å². The van der Waals surface area contributed by atoms with Crippen LogP contribution in [0.1, 0.15) is 13.0 Å². The molecule has 3 aromatic rings. The van der Waals surface area contributed by atoms with Crippen LogP contribution in [0.15, 0.2) is 59.4 Å². The van der Waals surface area contributed by atoms with Crippen molar-refractivity contribution >= 4 is 11.6 Å². The van der Waals surface area contributed by atoms with E-state index in [4.69, 9.17) is 0 Å². The van der Waals surface area contributed by atoms with Gasteiger partial charge in [0, 0.05) is 11.6 Å². The SMILES string of the molecule is CC(C(=O)Nc1ccc(F)c(F)c1F)n1nc(-c2ccccc2)ccc1=O. The molecule has 138 valence electrons. The molecule has 1 N–H and O–H groups in total. The predicted octanol–water partition coefficient (Wildman–Crippen LogP) is 3.53. The first-order chi connectivity index (χ1) is 12.9. The van der Waals surface area contributed by atoms with Crippen LogP contribution in [-0.2, 0) is 4.79 Å². The summed E-state index contributed by atoms with van der Waals surface area (Å²) in [6.45, 7) is 1.39. The third-order valence-electron chi connectivity index (χ3n) is 3.93. The summed E-state index contributed by atoms with van der Waals surface area (Å²) in [4.78, 5) is 24.5. The summed E-state index contributed by atoms with van der Waals surface area (Å²) >= 11 is 0. The van der Waals surface area contributed by atoms with Gasteiger partial charge in [-0.15, -0.1) is 0 Å². The Morgan fingerprint density at radius 2 is 1.70 bits per heavy atom. The van der Waals surface area contributed by atoms with E-state index in [9.17, 15) is 22.8 Å². The van der Waals surface area contributed by atoms with Gasteiger partial charge >= 0.3 is 0 Å². The minimum atomic E-state index is -1.69. The molecule has 0 aliphatic carbocycles. The number of nitrogens with one attached hydrogen (secondary N) is 1. The maximum Gasteiger partial charge on any atom is 0.267 e. The Morgan fingerprint density at radius 1 is 1.00 bits per heavy atom. The molecular formula is C19H14F3N3O2. The van der Waals surface area contributed by atoms with E-state index in [1.54, 1.807) is 24.3 Å². The minimum Gasteiger partial charge on any atom is -0.322 e. The van der Waals surface area contributed by atoms with Crippen LogP contribution in [0.5, 0.6) is 0 Å². The molecule has 0 saturated heterocycles. The van der Waals surface area contributed by atoms with E-state index in [1.807, 2.05) is 6.07 Å². The molecule has 1 atom stereocenters. The van der Waals surface area contributed by atoms with Crippen molar-refractivity contribution < 1.29 is 18.0 Å². The van der Waals surface area contributed by atoms with Gasteiger partial charge in [-0.2, -0.15) is 5.10 Å². The lowest BCUT2D eigenvalue weighted by Gasteiger charge is -2.15. The number of aromatic nitrogens is 2. The topological polar surface area (TPSA) is 64.0 Å². The van der Waals surface area contributed by atoms with Gasteiger partial charge < -0.3 is 5.32 Å². The van der Waals surface area contributed by atoms with Crippen LogP contribution in [-0.4, -0.2) is 15.7 Å². The molecule has 5 nitrogen and oxygen atoms in total. The second-order valence-electron chi connectivity index (χ2n) is 5.76. The van der Waals surface area contributed by atoms with Gasteiger partial charge in [0.25, 0.3) is 5.56 Å². The first-order valence-electron chi connectivity index (χ1n) is 7.98. The Balaban J connectivity index is 1.89. The van der Waals surface area contributed by atoms with Crippen molar-refractivity contribution in [2.45, 2.75) is 13.0 Å². The second kappa shape index (κ2) is 7.45. The zero-order valence-electron chi connectivity index (χ0n) is 14.1. The number of halogens is 3. The zero-order chi connectivity index (χ0) is 19.6. The van der Waals surface area contributed by atoms with Gasteiger partial charge in [0.15, 0.2) is 17.5 Å². The number of amides is 1. The van der Waals surface area contributed by atoms with E-state index in [1.165, 1.54) is 19.1 Å². The Morgan fingerprint density at radius 3 is 2.41 bits per heavy atom. The van der Waals surface area contributed by atoms with Crippen LogP contribution in [0.25, 0.3) is 11.3 Å². The molecule has 3 rings (SSSR count).